The van der Waals surface area contributed by atoms with E-state index in [-0.39, 0.29) is 5.97 Å². The van der Waals surface area contributed by atoms with Crippen LogP contribution in [0.1, 0.15) is 55.1 Å². The van der Waals surface area contributed by atoms with E-state index < -0.39 is 0 Å². The molecule has 24 heavy (non-hydrogen) atoms. The van der Waals surface area contributed by atoms with Crippen LogP contribution >= 0.6 is 0 Å². The van der Waals surface area contributed by atoms with Crippen LogP contribution in [0.3, 0.4) is 0 Å². The highest BCUT2D eigenvalue weighted by Gasteiger charge is 2.14. The summed E-state index contributed by atoms with van der Waals surface area (Å²) < 4.78 is 7.30. The van der Waals surface area contributed by atoms with Gasteiger partial charge in [-0.2, -0.15) is 0 Å². The zero-order valence-corrected chi connectivity index (χ0v) is 14.1. The third kappa shape index (κ3) is 3.48. The lowest BCUT2D eigenvalue weighted by Gasteiger charge is -2.09. The first-order valence-corrected chi connectivity index (χ1v) is 8.47. The minimum absolute atomic E-state index is 0.362. The molecule has 0 saturated carbocycles. The predicted molar refractivity (Wildman–Crippen MR) is 94.5 cm³/mol. The van der Waals surface area contributed by atoms with Gasteiger partial charge in [0.1, 0.15) is 11.4 Å². The Labute approximate surface area is 142 Å². The second-order valence-corrected chi connectivity index (χ2v) is 5.95. The molecule has 0 aliphatic rings. The van der Waals surface area contributed by atoms with E-state index in [2.05, 4.69) is 13.8 Å². The molecular weight excluding hydrogens is 300 g/mol. The summed E-state index contributed by atoms with van der Waals surface area (Å²) in [6.07, 6.45) is 7.15. The van der Waals surface area contributed by atoms with Crippen LogP contribution in [0, 0.1) is 0 Å². The van der Waals surface area contributed by atoms with Gasteiger partial charge in [-0.25, -0.2) is 9.78 Å². The molecule has 0 aliphatic heterocycles. The predicted octanol–water partition coefficient (Wildman–Crippen LogP) is 4.85. The van der Waals surface area contributed by atoms with Crippen LogP contribution in [0.4, 0.5) is 0 Å². The molecule has 2 heterocycles. The average Bonchev–Trinajstić information content (AvgIpc) is 3.03. The van der Waals surface area contributed by atoms with Gasteiger partial charge in [-0.1, -0.05) is 38.5 Å². The lowest BCUT2D eigenvalue weighted by molar-refractivity contribution is 0.0734. The molecule has 1 unspecified atom stereocenters. The number of benzene rings is 1. The van der Waals surface area contributed by atoms with Gasteiger partial charge < -0.3 is 9.14 Å². The summed E-state index contributed by atoms with van der Waals surface area (Å²) in [5.74, 6) is 0.650. The Bertz CT molecular complexity index is 824. The third-order valence-corrected chi connectivity index (χ3v) is 4.21. The molecule has 0 saturated heterocycles. The molecule has 0 N–H and O–H groups in total. The maximum absolute atomic E-state index is 12.3. The Morgan fingerprint density at radius 1 is 1.12 bits per heavy atom. The first-order valence-electron chi connectivity index (χ1n) is 8.47. The summed E-state index contributed by atoms with van der Waals surface area (Å²) in [7, 11) is 0. The molecule has 0 amide bonds. The van der Waals surface area contributed by atoms with Crippen molar-refractivity contribution < 1.29 is 9.53 Å². The standard InChI is InChI=1S/C20H22N2O2/c1-3-8-15(4-2)18-14-22-13-16(11-12-19(22)21-18)20(23)24-17-9-6-5-7-10-17/h5-7,9-15H,3-4,8H2,1-2H3. The number of aromatic nitrogens is 2. The second-order valence-electron chi connectivity index (χ2n) is 5.95. The monoisotopic (exact) mass is 322 g/mol. The molecule has 0 fully saturated rings. The van der Waals surface area contributed by atoms with E-state index in [1.165, 1.54) is 0 Å². The number of para-hydroxylation sites is 1. The summed E-state index contributed by atoms with van der Waals surface area (Å²) in [5.41, 5.74) is 2.46. The lowest BCUT2D eigenvalue weighted by Crippen LogP contribution is -2.09. The molecule has 4 nitrogen and oxygen atoms in total. The minimum Gasteiger partial charge on any atom is -0.423 e. The maximum Gasteiger partial charge on any atom is 0.345 e. The van der Waals surface area contributed by atoms with Gasteiger partial charge in [0.05, 0.1) is 11.3 Å². The van der Waals surface area contributed by atoms with Crippen LogP contribution < -0.4 is 4.74 Å². The fraction of sp³-hybridized carbons (Fsp3) is 0.300. The van der Waals surface area contributed by atoms with E-state index in [0.29, 0.717) is 17.2 Å². The van der Waals surface area contributed by atoms with E-state index in [9.17, 15) is 4.79 Å². The van der Waals surface area contributed by atoms with E-state index in [1.54, 1.807) is 24.4 Å². The summed E-state index contributed by atoms with van der Waals surface area (Å²) in [6, 6.07) is 12.7. The van der Waals surface area contributed by atoms with E-state index >= 15 is 0 Å². The SMILES string of the molecule is CCCC(CC)c1cn2cc(C(=O)Oc3ccccc3)ccc2n1. The lowest BCUT2D eigenvalue weighted by atomic mass is 9.98. The molecule has 1 atom stereocenters. The molecular formula is C20H22N2O2. The van der Waals surface area contributed by atoms with Crippen LogP contribution in [0.25, 0.3) is 5.65 Å². The minimum atomic E-state index is -0.362. The van der Waals surface area contributed by atoms with Crippen molar-refractivity contribution in [2.75, 3.05) is 0 Å². The molecule has 4 heteroatoms. The van der Waals surface area contributed by atoms with Crippen molar-refractivity contribution in [3.05, 3.63) is 66.1 Å². The summed E-state index contributed by atoms with van der Waals surface area (Å²) in [5, 5.41) is 0. The first-order chi connectivity index (χ1) is 11.7. The number of hydrogen-bond donors (Lipinski definition) is 0. The van der Waals surface area contributed by atoms with Crippen LogP contribution in [-0.2, 0) is 0 Å². The number of imidazole rings is 1. The van der Waals surface area contributed by atoms with Crippen LogP contribution in [0.15, 0.2) is 54.9 Å². The van der Waals surface area contributed by atoms with Crippen molar-refractivity contribution in [2.45, 2.75) is 39.0 Å². The number of carbonyl (C=O) groups is 1. The number of nitrogens with zero attached hydrogens (tertiary/aromatic N) is 2. The van der Waals surface area contributed by atoms with Crippen molar-refractivity contribution >= 4 is 11.6 Å². The highest BCUT2D eigenvalue weighted by Crippen LogP contribution is 2.24. The Morgan fingerprint density at radius 2 is 1.92 bits per heavy atom. The Hall–Kier alpha value is -2.62. The van der Waals surface area contributed by atoms with Gasteiger partial charge in [-0.3, -0.25) is 0 Å². The zero-order chi connectivity index (χ0) is 16.9. The average molecular weight is 322 g/mol. The summed E-state index contributed by atoms with van der Waals surface area (Å²) in [6.45, 7) is 4.38. The van der Waals surface area contributed by atoms with Gasteiger partial charge >= 0.3 is 5.97 Å². The molecule has 3 rings (SSSR count). The Balaban J connectivity index is 1.84. The topological polar surface area (TPSA) is 43.6 Å². The van der Waals surface area contributed by atoms with Gasteiger partial charge in [-0.15, -0.1) is 0 Å². The number of hydrogen-bond acceptors (Lipinski definition) is 3. The van der Waals surface area contributed by atoms with Crippen molar-refractivity contribution in [1.82, 2.24) is 9.38 Å². The molecule has 124 valence electrons. The molecule has 0 aliphatic carbocycles. The second kappa shape index (κ2) is 7.30. The number of rotatable bonds is 6. The van der Waals surface area contributed by atoms with E-state index in [1.807, 2.05) is 34.9 Å². The molecule has 1 aromatic carbocycles. The summed E-state index contributed by atoms with van der Waals surface area (Å²) in [4.78, 5) is 17.0. The van der Waals surface area contributed by atoms with Crippen molar-refractivity contribution in [3.63, 3.8) is 0 Å². The normalized spacial score (nSPS) is 12.2. The Morgan fingerprint density at radius 3 is 2.62 bits per heavy atom. The maximum atomic E-state index is 12.3. The number of esters is 1. The number of ether oxygens (including phenoxy) is 1. The quantitative estimate of drug-likeness (QED) is 0.481. The number of fused-ring (bicyclic) bond motifs is 1. The number of carbonyl (C=O) groups excluding carboxylic acids is 1. The summed E-state index contributed by atoms with van der Waals surface area (Å²) >= 11 is 0. The van der Waals surface area contributed by atoms with Gasteiger partial charge in [0.15, 0.2) is 0 Å². The molecule has 0 spiro atoms. The van der Waals surface area contributed by atoms with Crippen molar-refractivity contribution in [3.8, 4) is 5.75 Å². The van der Waals surface area contributed by atoms with Crippen LogP contribution in [0.5, 0.6) is 5.75 Å². The van der Waals surface area contributed by atoms with Crippen molar-refractivity contribution in [2.24, 2.45) is 0 Å². The Kier molecular flexibility index (Phi) is 4.94. The smallest absolute Gasteiger partial charge is 0.345 e. The van der Waals surface area contributed by atoms with Gasteiger partial charge in [0, 0.05) is 18.3 Å². The zero-order valence-electron chi connectivity index (χ0n) is 14.1. The third-order valence-electron chi connectivity index (χ3n) is 4.21. The van der Waals surface area contributed by atoms with Gasteiger partial charge in [-0.05, 0) is 37.1 Å². The van der Waals surface area contributed by atoms with Crippen molar-refractivity contribution in [1.29, 1.82) is 0 Å². The highest BCUT2D eigenvalue weighted by molar-refractivity contribution is 5.91. The molecule has 2 aromatic heterocycles. The van der Waals surface area contributed by atoms with E-state index in [4.69, 9.17) is 9.72 Å². The van der Waals surface area contributed by atoms with Crippen LogP contribution in [-0.4, -0.2) is 15.4 Å². The first kappa shape index (κ1) is 16.2. The largest absolute Gasteiger partial charge is 0.423 e. The van der Waals surface area contributed by atoms with Crippen LogP contribution in [0.2, 0.25) is 0 Å². The fourth-order valence-corrected chi connectivity index (χ4v) is 2.89. The van der Waals surface area contributed by atoms with Gasteiger partial charge in [0.25, 0.3) is 0 Å². The highest BCUT2D eigenvalue weighted by atomic mass is 16.5. The van der Waals surface area contributed by atoms with Gasteiger partial charge in [0.2, 0.25) is 0 Å². The molecule has 0 bridgehead atoms. The fourth-order valence-electron chi connectivity index (χ4n) is 2.89. The molecule has 3 aromatic rings. The molecule has 0 radical (unpaired) electrons. The number of pyridine rings is 1. The van der Waals surface area contributed by atoms with E-state index in [0.717, 1.165) is 30.6 Å².